The Morgan fingerprint density at radius 2 is 1.76 bits per heavy atom. The van der Waals surface area contributed by atoms with E-state index in [1.54, 1.807) is 13.0 Å². The molecule has 1 rings (SSSR count). The van der Waals surface area contributed by atoms with Crippen LogP contribution in [-0.2, 0) is 14.4 Å². The fraction of sp³-hybridized carbons (Fsp3) is 0.182. The maximum absolute atomic E-state index is 10.3. The quantitative estimate of drug-likeness (QED) is 0.584. The molecule has 0 heterocycles. The second kappa shape index (κ2) is 6.05. The molecule has 1 aromatic carbocycles. The molecule has 84 valence electrons. The molecule has 0 aliphatic rings. The molecule has 0 N–H and O–H groups in total. The van der Waals surface area contributed by atoms with E-state index in [1.807, 2.05) is 0 Å². The minimum absolute atomic E-state index is 0.253. The normalized spacial score (nSPS) is 10.4. The highest BCUT2D eigenvalue weighted by atomic mass is 16.1. The van der Waals surface area contributed by atoms with Gasteiger partial charge in [-0.2, -0.15) is 15.0 Å². The Morgan fingerprint density at radius 1 is 1.06 bits per heavy atom. The molecular weight excluding hydrogens is 222 g/mol. The van der Waals surface area contributed by atoms with Crippen LogP contribution in [0, 0.1) is 0 Å². The van der Waals surface area contributed by atoms with Crippen molar-refractivity contribution in [2.45, 2.75) is 13.0 Å². The molecule has 1 aromatic rings. The van der Waals surface area contributed by atoms with Gasteiger partial charge in [0.15, 0.2) is 0 Å². The van der Waals surface area contributed by atoms with Crippen molar-refractivity contribution in [2.24, 2.45) is 15.0 Å². The van der Waals surface area contributed by atoms with Crippen LogP contribution >= 0.6 is 0 Å². The number of aliphatic imine (C=N–C) groups is 3. The van der Waals surface area contributed by atoms with Gasteiger partial charge < -0.3 is 0 Å². The first-order chi connectivity index (χ1) is 8.22. The third-order valence-electron chi connectivity index (χ3n) is 2.05. The molecule has 0 amide bonds. The van der Waals surface area contributed by atoms with E-state index in [-0.39, 0.29) is 5.69 Å². The lowest BCUT2D eigenvalue weighted by Gasteiger charge is -2.07. The molecule has 6 heteroatoms. The summed E-state index contributed by atoms with van der Waals surface area (Å²) in [6.07, 6.45) is 4.19. The molecule has 0 radical (unpaired) electrons. The molecule has 1 atom stereocenters. The summed E-state index contributed by atoms with van der Waals surface area (Å²) in [5.74, 6) is 0. The van der Waals surface area contributed by atoms with Crippen LogP contribution < -0.4 is 0 Å². The Morgan fingerprint density at radius 3 is 2.35 bits per heavy atom. The smallest absolute Gasteiger partial charge is 0.211 e. The minimum atomic E-state index is -0.492. The van der Waals surface area contributed by atoms with Crippen molar-refractivity contribution >= 4 is 29.6 Å². The molecule has 0 bridgehead atoms. The van der Waals surface area contributed by atoms with E-state index in [0.29, 0.717) is 11.3 Å². The summed E-state index contributed by atoms with van der Waals surface area (Å²) in [6.45, 7) is 1.65. The van der Waals surface area contributed by atoms with Gasteiger partial charge in [0.1, 0.15) is 0 Å². The summed E-state index contributed by atoms with van der Waals surface area (Å²) in [6, 6.07) is 4.01. The number of carbonyl (C=O) groups excluding carboxylic acids is 3. The van der Waals surface area contributed by atoms with Gasteiger partial charge in [-0.15, -0.1) is 0 Å². The first-order valence-corrected chi connectivity index (χ1v) is 4.59. The topological polar surface area (TPSA) is 88.3 Å². The monoisotopic (exact) mass is 229 g/mol. The summed E-state index contributed by atoms with van der Waals surface area (Å²) < 4.78 is 0. The van der Waals surface area contributed by atoms with Crippen molar-refractivity contribution in [3.63, 3.8) is 0 Å². The molecule has 0 fully saturated rings. The van der Waals surface area contributed by atoms with Crippen LogP contribution in [0.3, 0.4) is 0 Å². The molecule has 0 saturated carbocycles. The predicted octanol–water partition coefficient (Wildman–Crippen LogP) is 2.02. The van der Waals surface area contributed by atoms with Gasteiger partial charge in [-0.1, -0.05) is 6.07 Å². The zero-order chi connectivity index (χ0) is 12.7. The second-order valence-corrected chi connectivity index (χ2v) is 3.05. The van der Waals surface area contributed by atoms with Crippen LogP contribution in [0.5, 0.6) is 0 Å². The first kappa shape index (κ1) is 12.4. The molecule has 0 aliphatic carbocycles. The highest BCUT2D eigenvalue weighted by Gasteiger charge is 2.10. The number of benzene rings is 1. The van der Waals surface area contributed by atoms with E-state index in [0.717, 1.165) is 0 Å². The van der Waals surface area contributed by atoms with E-state index >= 15 is 0 Å². The number of isocyanates is 3. The maximum Gasteiger partial charge on any atom is 0.240 e. The zero-order valence-electron chi connectivity index (χ0n) is 8.88. The lowest BCUT2D eigenvalue weighted by molar-refractivity contribution is 0.559. The molecule has 17 heavy (non-hydrogen) atoms. The van der Waals surface area contributed by atoms with Crippen molar-refractivity contribution in [3.8, 4) is 0 Å². The largest absolute Gasteiger partial charge is 0.240 e. The van der Waals surface area contributed by atoms with Crippen LogP contribution in [-0.4, -0.2) is 18.2 Å². The summed E-state index contributed by atoms with van der Waals surface area (Å²) in [5.41, 5.74) is 1.10. The Bertz CT molecular complexity index is 563. The van der Waals surface area contributed by atoms with E-state index in [2.05, 4.69) is 15.0 Å². The van der Waals surface area contributed by atoms with Crippen molar-refractivity contribution in [1.82, 2.24) is 0 Å². The lowest BCUT2D eigenvalue weighted by atomic mass is 10.1. The van der Waals surface area contributed by atoms with Crippen LogP contribution in [0.25, 0.3) is 0 Å². The summed E-state index contributed by atoms with van der Waals surface area (Å²) in [7, 11) is 0. The van der Waals surface area contributed by atoms with Crippen LogP contribution in [0.2, 0.25) is 0 Å². The fourth-order valence-electron chi connectivity index (χ4n) is 1.30. The molecule has 1 unspecified atom stereocenters. The van der Waals surface area contributed by atoms with Crippen molar-refractivity contribution < 1.29 is 14.4 Å². The minimum Gasteiger partial charge on any atom is -0.211 e. The SMILES string of the molecule is CC(N=C=O)c1ccc(N=C=O)cc1N=C=O. The van der Waals surface area contributed by atoms with Crippen molar-refractivity contribution in [2.75, 3.05) is 0 Å². The maximum atomic E-state index is 10.3. The number of hydrogen-bond donors (Lipinski definition) is 0. The zero-order valence-corrected chi connectivity index (χ0v) is 8.88. The van der Waals surface area contributed by atoms with Crippen LogP contribution in [0.15, 0.2) is 33.2 Å². The van der Waals surface area contributed by atoms with E-state index in [1.165, 1.54) is 30.4 Å². The van der Waals surface area contributed by atoms with E-state index in [4.69, 9.17) is 0 Å². The van der Waals surface area contributed by atoms with Crippen LogP contribution in [0.4, 0.5) is 11.4 Å². The van der Waals surface area contributed by atoms with E-state index in [9.17, 15) is 14.4 Å². The third kappa shape index (κ3) is 3.16. The summed E-state index contributed by atoms with van der Waals surface area (Å²) in [5, 5.41) is 0. The third-order valence-corrected chi connectivity index (χ3v) is 2.05. The van der Waals surface area contributed by atoms with Gasteiger partial charge in [0.2, 0.25) is 18.2 Å². The summed E-state index contributed by atoms with van der Waals surface area (Å²) >= 11 is 0. The highest BCUT2D eigenvalue weighted by Crippen LogP contribution is 2.31. The summed E-state index contributed by atoms with van der Waals surface area (Å²) in [4.78, 5) is 40.9. The van der Waals surface area contributed by atoms with E-state index < -0.39 is 6.04 Å². The molecular formula is C11H7N3O3. The molecule has 0 spiro atoms. The first-order valence-electron chi connectivity index (χ1n) is 4.59. The standard InChI is InChI=1S/C11H7N3O3/c1-8(12-5-15)10-3-2-9(13-6-16)4-11(10)14-7-17/h2-4,8H,1H3. The van der Waals surface area contributed by atoms with Gasteiger partial charge >= 0.3 is 0 Å². The van der Waals surface area contributed by atoms with Gasteiger partial charge in [0, 0.05) is 5.56 Å². The fourth-order valence-corrected chi connectivity index (χ4v) is 1.30. The molecule has 6 nitrogen and oxygen atoms in total. The number of hydrogen-bond acceptors (Lipinski definition) is 6. The Balaban J connectivity index is 3.35. The predicted molar refractivity (Wildman–Crippen MR) is 58.5 cm³/mol. The van der Waals surface area contributed by atoms with Gasteiger partial charge in [-0.05, 0) is 19.1 Å². The lowest BCUT2D eigenvalue weighted by Crippen LogP contribution is -1.89. The molecule has 0 saturated heterocycles. The molecule has 0 aliphatic heterocycles. The molecule has 0 aromatic heterocycles. The van der Waals surface area contributed by atoms with Gasteiger partial charge in [0.05, 0.1) is 17.4 Å². The Hall–Kier alpha value is -2.64. The van der Waals surface area contributed by atoms with Crippen LogP contribution in [0.1, 0.15) is 18.5 Å². The van der Waals surface area contributed by atoms with Crippen molar-refractivity contribution in [3.05, 3.63) is 23.8 Å². The number of rotatable bonds is 4. The average Bonchev–Trinajstić information content (AvgIpc) is 2.30. The van der Waals surface area contributed by atoms with Gasteiger partial charge in [0.25, 0.3) is 0 Å². The second-order valence-electron chi connectivity index (χ2n) is 3.05. The van der Waals surface area contributed by atoms with Gasteiger partial charge in [-0.3, -0.25) is 0 Å². The number of nitrogens with zero attached hydrogens (tertiary/aromatic N) is 3. The Kier molecular flexibility index (Phi) is 4.43. The van der Waals surface area contributed by atoms with Crippen molar-refractivity contribution in [1.29, 1.82) is 0 Å². The average molecular weight is 229 g/mol. The van der Waals surface area contributed by atoms with Gasteiger partial charge in [-0.25, -0.2) is 14.4 Å². The highest BCUT2D eigenvalue weighted by molar-refractivity contribution is 5.63. The Labute approximate surface area is 96.4 Å².